The number of hydrogen-bond acceptors (Lipinski definition) is 3. The molecule has 2 aromatic rings. The number of nitrogens with one attached hydrogen (secondary N) is 1. The summed E-state index contributed by atoms with van der Waals surface area (Å²) >= 11 is 0. The molecule has 2 atom stereocenters. The molecule has 1 aliphatic heterocycles. The van der Waals surface area contributed by atoms with Gasteiger partial charge in [-0.2, -0.15) is 0 Å². The molecule has 0 aliphatic carbocycles. The molecule has 7 heteroatoms. The average Bonchev–Trinajstić information content (AvgIpc) is 3.01. The highest BCUT2D eigenvalue weighted by Gasteiger charge is 2.28. The van der Waals surface area contributed by atoms with Gasteiger partial charge in [0, 0.05) is 33.0 Å². The number of benzene rings is 1. The molecule has 0 saturated carbocycles. The quantitative estimate of drug-likeness (QED) is 0.684. The predicted octanol–water partition coefficient (Wildman–Crippen LogP) is 2.10. The van der Waals surface area contributed by atoms with Crippen LogP contribution in [0.4, 0.5) is 4.39 Å². The van der Waals surface area contributed by atoms with Gasteiger partial charge in [0.1, 0.15) is 17.7 Å². The van der Waals surface area contributed by atoms with E-state index >= 15 is 0 Å². The third-order valence-electron chi connectivity index (χ3n) is 4.34. The number of hydrogen-bond donors (Lipinski definition) is 1. The normalized spacial score (nSPS) is 21.4. The van der Waals surface area contributed by atoms with Crippen molar-refractivity contribution in [2.75, 3.05) is 20.1 Å². The van der Waals surface area contributed by atoms with Crippen LogP contribution in [0, 0.1) is 5.82 Å². The highest BCUT2D eigenvalue weighted by atomic mass is 19.1. The lowest BCUT2D eigenvalue weighted by Crippen LogP contribution is -2.50. The van der Waals surface area contributed by atoms with Crippen LogP contribution in [-0.4, -0.2) is 46.7 Å². The molecule has 0 bridgehead atoms. The number of guanidine groups is 1. The topological polar surface area (TPSA) is 54.7 Å². The van der Waals surface area contributed by atoms with Crippen molar-refractivity contribution in [3.8, 4) is 0 Å². The Bertz CT molecular complexity index is 727. The lowest BCUT2D eigenvalue weighted by atomic mass is 10.1. The summed E-state index contributed by atoms with van der Waals surface area (Å²) in [5.74, 6) is 1.51. The lowest BCUT2D eigenvalue weighted by Gasteiger charge is -2.38. The van der Waals surface area contributed by atoms with Gasteiger partial charge >= 0.3 is 0 Å². The number of rotatable bonds is 3. The van der Waals surface area contributed by atoms with Crippen molar-refractivity contribution in [3.05, 3.63) is 53.9 Å². The van der Waals surface area contributed by atoms with Crippen LogP contribution in [0.2, 0.25) is 0 Å². The minimum absolute atomic E-state index is 0.0514. The van der Waals surface area contributed by atoms with Gasteiger partial charge in [0.05, 0.1) is 19.2 Å². The zero-order chi connectivity index (χ0) is 17.8. The van der Waals surface area contributed by atoms with Crippen molar-refractivity contribution in [1.29, 1.82) is 0 Å². The van der Waals surface area contributed by atoms with Crippen LogP contribution >= 0.6 is 0 Å². The summed E-state index contributed by atoms with van der Waals surface area (Å²) in [7, 11) is 3.74. The molecule has 2 heterocycles. The van der Waals surface area contributed by atoms with Gasteiger partial charge in [-0.05, 0) is 24.6 Å². The summed E-state index contributed by atoms with van der Waals surface area (Å²) in [4.78, 5) is 10.9. The summed E-state index contributed by atoms with van der Waals surface area (Å²) in [6.07, 6.45) is 3.63. The van der Waals surface area contributed by atoms with Gasteiger partial charge in [0.15, 0.2) is 5.96 Å². The number of imidazole rings is 1. The van der Waals surface area contributed by atoms with Crippen LogP contribution in [0.3, 0.4) is 0 Å². The highest BCUT2D eigenvalue weighted by Crippen LogP contribution is 2.25. The predicted molar refractivity (Wildman–Crippen MR) is 94.7 cm³/mol. The SMILES string of the molecule is CN=C(NCc1nccn1C)N1CC(C)OC(c2ccc(F)cc2)C1. The minimum Gasteiger partial charge on any atom is -0.367 e. The van der Waals surface area contributed by atoms with E-state index in [9.17, 15) is 4.39 Å². The van der Waals surface area contributed by atoms with Crippen LogP contribution in [0.25, 0.3) is 0 Å². The molecule has 25 heavy (non-hydrogen) atoms. The monoisotopic (exact) mass is 345 g/mol. The number of morpholine rings is 1. The molecule has 1 fully saturated rings. The Labute approximate surface area is 147 Å². The maximum absolute atomic E-state index is 13.2. The standard InChI is InChI=1S/C18H24FN5O/c1-13-11-24(12-16(25-13)14-4-6-15(19)7-5-14)18(20-2)22-10-17-21-8-9-23(17)3/h4-9,13,16H,10-12H2,1-3H3,(H,20,22). The number of aliphatic imine (C=N–C) groups is 1. The molecular weight excluding hydrogens is 321 g/mol. The van der Waals surface area contributed by atoms with Crippen molar-refractivity contribution >= 4 is 5.96 Å². The molecule has 0 amide bonds. The molecule has 0 spiro atoms. The maximum Gasteiger partial charge on any atom is 0.194 e. The van der Waals surface area contributed by atoms with Gasteiger partial charge < -0.3 is 19.5 Å². The number of nitrogens with zero attached hydrogens (tertiary/aromatic N) is 4. The Kier molecular flexibility index (Phi) is 5.33. The molecule has 6 nitrogen and oxygen atoms in total. The zero-order valence-corrected chi connectivity index (χ0v) is 14.8. The van der Waals surface area contributed by atoms with E-state index in [0.717, 1.165) is 23.9 Å². The van der Waals surface area contributed by atoms with Gasteiger partial charge in [-0.1, -0.05) is 12.1 Å². The van der Waals surface area contributed by atoms with Crippen LogP contribution in [0.15, 0.2) is 41.7 Å². The van der Waals surface area contributed by atoms with Gasteiger partial charge in [0.2, 0.25) is 0 Å². The fraction of sp³-hybridized carbons (Fsp3) is 0.444. The van der Waals surface area contributed by atoms with E-state index in [1.807, 2.05) is 24.7 Å². The number of aromatic nitrogens is 2. The van der Waals surface area contributed by atoms with Gasteiger partial charge in [-0.3, -0.25) is 4.99 Å². The van der Waals surface area contributed by atoms with Crippen molar-refractivity contribution in [2.45, 2.75) is 25.7 Å². The van der Waals surface area contributed by atoms with Crippen molar-refractivity contribution in [1.82, 2.24) is 19.8 Å². The maximum atomic E-state index is 13.2. The van der Waals surface area contributed by atoms with Gasteiger partial charge in [-0.15, -0.1) is 0 Å². The molecule has 1 aromatic heterocycles. The molecule has 1 saturated heterocycles. The summed E-state index contributed by atoms with van der Waals surface area (Å²) in [6, 6.07) is 6.49. The first-order chi connectivity index (χ1) is 12.1. The first-order valence-electron chi connectivity index (χ1n) is 8.39. The molecule has 2 unspecified atom stereocenters. The summed E-state index contributed by atoms with van der Waals surface area (Å²) in [5.41, 5.74) is 0.970. The fourth-order valence-electron chi connectivity index (χ4n) is 3.04. The Morgan fingerprint density at radius 2 is 2.12 bits per heavy atom. The third kappa shape index (κ3) is 4.17. The molecule has 1 aliphatic rings. The van der Waals surface area contributed by atoms with Crippen molar-refractivity contribution < 1.29 is 9.13 Å². The van der Waals surface area contributed by atoms with E-state index in [4.69, 9.17) is 4.74 Å². The first-order valence-corrected chi connectivity index (χ1v) is 8.39. The first kappa shape index (κ1) is 17.4. The van der Waals surface area contributed by atoms with Gasteiger partial charge in [0.25, 0.3) is 0 Å². The largest absolute Gasteiger partial charge is 0.367 e. The molecule has 3 rings (SSSR count). The number of aryl methyl sites for hydroxylation is 1. The minimum atomic E-state index is -0.239. The second-order valence-corrected chi connectivity index (χ2v) is 6.25. The summed E-state index contributed by atoms with van der Waals surface area (Å²) in [6.45, 7) is 4.05. The number of halogens is 1. The van der Waals surface area contributed by atoms with Gasteiger partial charge in [-0.25, -0.2) is 9.37 Å². The smallest absolute Gasteiger partial charge is 0.194 e. The second-order valence-electron chi connectivity index (χ2n) is 6.25. The third-order valence-corrected chi connectivity index (χ3v) is 4.34. The molecule has 1 aromatic carbocycles. The average molecular weight is 345 g/mol. The van der Waals surface area contributed by atoms with E-state index in [2.05, 4.69) is 20.2 Å². The highest BCUT2D eigenvalue weighted by molar-refractivity contribution is 5.80. The lowest BCUT2D eigenvalue weighted by molar-refractivity contribution is -0.0605. The number of ether oxygens (including phenoxy) is 1. The Morgan fingerprint density at radius 1 is 1.36 bits per heavy atom. The van der Waals surface area contributed by atoms with E-state index in [1.54, 1.807) is 25.4 Å². The molecule has 134 valence electrons. The summed E-state index contributed by atoms with van der Waals surface area (Å²) < 4.78 is 21.2. The van der Waals surface area contributed by atoms with Crippen molar-refractivity contribution in [3.63, 3.8) is 0 Å². The molecule has 0 radical (unpaired) electrons. The fourth-order valence-corrected chi connectivity index (χ4v) is 3.04. The van der Waals surface area contributed by atoms with Crippen LogP contribution in [0.5, 0.6) is 0 Å². The summed E-state index contributed by atoms with van der Waals surface area (Å²) in [5, 5.41) is 3.36. The Balaban J connectivity index is 1.68. The molecule has 1 N–H and O–H groups in total. The van der Waals surface area contributed by atoms with Crippen molar-refractivity contribution in [2.24, 2.45) is 12.0 Å². The molecular formula is C18H24FN5O. The Morgan fingerprint density at radius 3 is 2.76 bits per heavy atom. The van der Waals surface area contributed by atoms with E-state index < -0.39 is 0 Å². The Hall–Kier alpha value is -2.41. The van der Waals surface area contributed by atoms with Crippen LogP contribution in [0.1, 0.15) is 24.4 Å². The van der Waals surface area contributed by atoms with E-state index in [-0.39, 0.29) is 18.0 Å². The van der Waals surface area contributed by atoms with Crippen LogP contribution in [-0.2, 0) is 18.3 Å². The van der Waals surface area contributed by atoms with E-state index in [0.29, 0.717) is 13.1 Å². The zero-order valence-electron chi connectivity index (χ0n) is 14.8. The van der Waals surface area contributed by atoms with Crippen LogP contribution < -0.4 is 5.32 Å². The van der Waals surface area contributed by atoms with E-state index in [1.165, 1.54) is 12.1 Å². The second kappa shape index (κ2) is 7.65.